The summed E-state index contributed by atoms with van der Waals surface area (Å²) in [5.74, 6) is -1.40. The van der Waals surface area contributed by atoms with Crippen LogP contribution in [0.5, 0.6) is 0 Å². The van der Waals surface area contributed by atoms with Gasteiger partial charge in [0.05, 0.1) is 28.2 Å². The highest BCUT2D eigenvalue weighted by molar-refractivity contribution is 7.89. The molecule has 2 heterocycles. The van der Waals surface area contributed by atoms with E-state index in [0.29, 0.717) is 10.6 Å². The molecule has 1 saturated heterocycles. The molecule has 0 unspecified atom stereocenters. The molecule has 4 rings (SSSR count). The lowest BCUT2D eigenvalue weighted by atomic mass is 10.1. The van der Waals surface area contributed by atoms with Gasteiger partial charge in [-0.05, 0) is 68.6 Å². The van der Waals surface area contributed by atoms with E-state index in [1.165, 1.54) is 0 Å². The van der Waals surface area contributed by atoms with Crippen molar-refractivity contribution >= 4 is 50.7 Å². The third-order valence-electron chi connectivity index (χ3n) is 6.13. The second-order valence-electron chi connectivity index (χ2n) is 8.84. The highest BCUT2D eigenvalue weighted by atomic mass is 35.5. The number of nitrogens with zero attached hydrogens (tertiary/aromatic N) is 2. The van der Waals surface area contributed by atoms with Crippen molar-refractivity contribution < 1.29 is 18.0 Å². The van der Waals surface area contributed by atoms with Gasteiger partial charge in [0.15, 0.2) is 5.69 Å². The van der Waals surface area contributed by atoms with Crippen molar-refractivity contribution in [2.45, 2.75) is 32.2 Å². The molecular formula is C25H27Cl2N5O4S. The SMILES string of the molecule is Cc1cccc(Cl)c1C(=O)Nc1cn(S(=O)(=O)CCc2ccc(Cl)cc2)nc1C(=O)NC1CCNCC1. The van der Waals surface area contributed by atoms with Crippen LogP contribution >= 0.6 is 23.2 Å². The average molecular weight is 564 g/mol. The van der Waals surface area contributed by atoms with Crippen LogP contribution in [0.1, 0.15) is 44.8 Å². The molecule has 0 spiro atoms. The normalized spacial score (nSPS) is 14.4. The number of carbonyl (C=O) groups is 2. The molecule has 3 N–H and O–H groups in total. The Bertz CT molecular complexity index is 1380. The second-order valence-corrected chi connectivity index (χ2v) is 11.6. The predicted octanol–water partition coefficient (Wildman–Crippen LogP) is 3.65. The fourth-order valence-electron chi connectivity index (χ4n) is 4.07. The average Bonchev–Trinajstić information content (AvgIpc) is 3.29. The Labute approximate surface area is 225 Å². The monoisotopic (exact) mass is 563 g/mol. The van der Waals surface area contributed by atoms with Crippen LogP contribution in [0, 0.1) is 6.92 Å². The molecule has 2 aromatic carbocycles. The van der Waals surface area contributed by atoms with Crippen LogP contribution < -0.4 is 16.0 Å². The summed E-state index contributed by atoms with van der Waals surface area (Å²) in [5.41, 5.74) is 1.44. The number of aromatic nitrogens is 2. The molecule has 1 aromatic heterocycles. The molecule has 0 atom stereocenters. The number of benzene rings is 2. The first-order valence-corrected chi connectivity index (χ1v) is 14.2. The third-order valence-corrected chi connectivity index (χ3v) is 8.17. The van der Waals surface area contributed by atoms with Crippen molar-refractivity contribution in [1.29, 1.82) is 0 Å². The van der Waals surface area contributed by atoms with Gasteiger partial charge in [-0.15, -0.1) is 0 Å². The lowest BCUT2D eigenvalue weighted by Crippen LogP contribution is -2.43. The Balaban J connectivity index is 1.61. The molecule has 1 aliphatic heterocycles. The molecule has 1 fully saturated rings. The summed E-state index contributed by atoms with van der Waals surface area (Å²) < 4.78 is 27.0. The molecule has 0 saturated carbocycles. The van der Waals surface area contributed by atoms with Crippen LogP contribution in [0.2, 0.25) is 10.0 Å². The molecular weight excluding hydrogens is 537 g/mol. The molecule has 37 heavy (non-hydrogen) atoms. The summed E-state index contributed by atoms with van der Waals surface area (Å²) >= 11 is 12.1. The van der Waals surface area contributed by atoms with Crippen LogP contribution in [-0.2, 0) is 16.4 Å². The van der Waals surface area contributed by atoms with E-state index in [1.807, 2.05) is 0 Å². The van der Waals surface area contributed by atoms with Crippen molar-refractivity contribution in [3.8, 4) is 0 Å². The summed E-state index contributed by atoms with van der Waals surface area (Å²) in [6.07, 6.45) is 2.83. The largest absolute Gasteiger partial charge is 0.348 e. The highest BCUT2D eigenvalue weighted by Crippen LogP contribution is 2.23. The first-order chi connectivity index (χ1) is 17.6. The van der Waals surface area contributed by atoms with Crippen molar-refractivity contribution in [2.75, 3.05) is 24.2 Å². The van der Waals surface area contributed by atoms with Crippen molar-refractivity contribution in [1.82, 2.24) is 19.8 Å². The zero-order valence-electron chi connectivity index (χ0n) is 20.1. The van der Waals surface area contributed by atoms with Crippen LogP contribution in [0.25, 0.3) is 0 Å². The van der Waals surface area contributed by atoms with Gasteiger partial charge in [-0.25, -0.2) is 8.42 Å². The molecule has 0 aliphatic carbocycles. The summed E-state index contributed by atoms with van der Waals surface area (Å²) in [6.45, 7) is 3.25. The Morgan fingerprint density at radius 1 is 1.08 bits per heavy atom. The van der Waals surface area contributed by atoms with Gasteiger partial charge >= 0.3 is 0 Å². The summed E-state index contributed by atoms with van der Waals surface area (Å²) in [5, 5.41) is 13.6. The Morgan fingerprint density at radius 3 is 2.46 bits per heavy atom. The number of anilines is 1. The first kappa shape index (κ1) is 27.1. The van der Waals surface area contributed by atoms with E-state index in [9.17, 15) is 18.0 Å². The van der Waals surface area contributed by atoms with Crippen molar-refractivity contribution in [3.05, 3.63) is 81.1 Å². The summed E-state index contributed by atoms with van der Waals surface area (Å²) in [7, 11) is -3.95. The van der Waals surface area contributed by atoms with Crippen LogP contribution in [0.3, 0.4) is 0 Å². The zero-order valence-corrected chi connectivity index (χ0v) is 22.5. The fourth-order valence-corrected chi connectivity index (χ4v) is 5.66. The van der Waals surface area contributed by atoms with Gasteiger partial charge < -0.3 is 16.0 Å². The van der Waals surface area contributed by atoms with Gasteiger partial charge in [0, 0.05) is 11.1 Å². The van der Waals surface area contributed by atoms with Crippen molar-refractivity contribution in [2.24, 2.45) is 0 Å². The summed E-state index contributed by atoms with van der Waals surface area (Å²) in [4.78, 5) is 26.2. The topological polar surface area (TPSA) is 122 Å². The van der Waals surface area contributed by atoms with E-state index in [0.717, 1.165) is 41.8 Å². The number of piperidine rings is 1. The molecule has 196 valence electrons. The van der Waals surface area contributed by atoms with Gasteiger partial charge in [0.1, 0.15) is 0 Å². The van der Waals surface area contributed by atoms with E-state index in [-0.39, 0.29) is 40.2 Å². The fraction of sp³-hybridized carbons (Fsp3) is 0.320. The smallest absolute Gasteiger partial charge is 0.274 e. The van der Waals surface area contributed by atoms with Gasteiger partial charge in [0.25, 0.3) is 21.8 Å². The third kappa shape index (κ3) is 6.70. The summed E-state index contributed by atoms with van der Waals surface area (Å²) in [6, 6.07) is 11.8. The van der Waals surface area contributed by atoms with Crippen LogP contribution in [0.15, 0.2) is 48.7 Å². The lowest BCUT2D eigenvalue weighted by Gasteiger charge is -2.23. The number of carbonyl (C=O) groups excluding carboxylic acids is 2. The van der Waals surface area contributed by atoms with Crippen LogP contribution in [-0.4, -0.2) is 54.3 Å². The van der Waals surface area contributed by atoms with Gasteiger partial charge in [-0.1, -0.05) is 47.5 Å². The zero-order chi connectivity index (χ0) is 26.6. The number of amides is 2. The van der Waals surface area contributed by atoms with Gasteiger partial charge in [-0.3, -0.25) is 9.59 Å². The number of hydrogen-bond donors (Lipinski definition) is 3. The minimum absolute atomic E-state index is 0.0224. The van der Waals surface area contributed by atoms with E-state index in [1.54, 1.807) is 49.4 Å². The Hall–Kier alpha value is -2.92. The molecule has 12 heteroatoms. The second kappa shape index (κ2) is 11.6. The highest BCUT2D eigenvalue weighted by Gasteiger charge is 2.27. The number of nitrogens with one attached hydrogen (secondary N) is 3. The minimum atomic E-state index is -3.95. The quantitative estimate of drug-likeness (QED) is 0.384. The molecule has 3 aromatic rings. The first-order valence-electron chi connectivity index (χ1n) is 11.8. The van der Waals surface area contributed by atoms with Gasteiger partial charge in [0.2, 0.25) is 0 Å². The number of rotatable bonds is 8. The molecule has 0 radical (unpaired) electrons. The lowest BCUT2D eigenvalue weighted by molar-refractivity contribution is 0.0925. The maximum atomic E-state index is 13.1. The van der Waals surface area contributed by atoms with E-state index in [4.69, 9.17) is 23.2 Å². The Morgan fingerprint density at radius 2 is 1.78 bits per heavy atom. The van der Waals surface area contributed by atoms with E-state index < -0.39 is 21.8 Å². The Kier molecular flexibility index (Phi) is 8.53. The standard InChI is InChI=1S/C25H27Cl2N5O4S/c1-16-3-2-4-20(27)22(16)24(33)30-21-15-32(31-23(21)25(34)29-19-9-12-28-13-10-19)37(35,36)14-11-17-5-7-18(26)8-6-17/h2-8,15,19,28H,9-14H2,1H3,(H,29,34)(H,30,33). The maximum Gasteiger partial charge on any atom is 0.274 e. The van der Waals surface area contributed by atoms with Crippen molar-refractivity contribution in [3.63, 3.8) is 0 Å². The van der Waals surface area contributed by atoms with E-state index in [2.05, 4.69) is 21.0 Å². The predicted molar refractivity (Wildman–Crippen MR) is 144 cm³/mol. The maximum absolute atomic E-state index is 13.1. The van der Waals surface area contributed by atoms with Gasteiger partial charge in [-0.2, -0.15) is 9.19 Å². The molecule has 2 amide bonds. The molecule has 0 bridgehead atoms. The number of halogens is 2. The minimum Gasteiger partial charge on any atom is -0.348 e. The number of hydrogen-bond acceptors (Lipinski definition) is 6. The molecule has 9 nitrogen and oxygen atoms in total. The van der Waals surface area contributed by atoms with E-state index >= 15 is 0 Å². The van der Waals surface area contributed by atoms with Crippen LogP contribution in [0.4, 0.5) is 5.69 Å². The molecule has 1 aliphatic rings. The number of aryl methyl sites for hydroxylation is 2.